The average Bonchev–Trinajstić information content (AvgIpc) is 2.49. The highest BCUT2D eigenvalue weighted by molar-refractivity contribution is 5.40. The molecule has 1 aromatic rings. The van der Waals surface area contributed by atoms with E-state index in [2.05, 4.69) is 52.0 Å². The molecule has 0 N–H and O–H groups in total. The molecule has 22 heavy (non-hydrogen) atoms. The topological polar surface area (TPSA) is 9.23 Å². The summed E-state index contributed by atoms with van der Waals surface area (Å²) >= 11 is 0. The van der Waals surface area contributed by atoms with Crippen LogP contribution in [0.1, 0.15) is 90.5 Å². The molecule has 0 saturated carbocycles. The first kappa shape index (κ1) is 17.4. The fourth-order valence-electron chi connectivity index (χ4n) is 4.07. The Morgan fingerprint density at radius 3 is 2.23 bits per heavy atom. The molecule has 0 fully saturated rings. The first-order valence-corrected chi connectivity index (χ1v) is 9.38. The van der Waals surface area contributed by atoms with E-state index >= 15 is 0 Å². The summed E-state index contributed by atoms with van der Waals surface area (Å²) in [6, 6.07) is 8.74. The van der Waals surface area contributed by atoms with Crippen LogP contribution in [-0.2, 0) is 0 Å². The Labute approximate surface area is 137 Å². The number of para-hydroxylation sites is 1. The van der Waals surface area contributed by atoms with Gasteiger partial charge in [0.2, 0.25) is 0 Å². The summed E-state index contributed by atoms with van der Waals surface area (Å²) in [5.41, 5.74) is 1.42. The molecule has 1 heterocycles. The summed E-state index contributed by atoms with van der Waals surface area (Å²) in [6.45, 7) is 9.18. The number of ether oxygens (including phenoxy) is 1. The van der Waals surface area contributed by atoms with Gasteiger partial charge in [-0.25, -0.2) is 0 Å². The number of hydrogen-bond donors (Lipinski definition) is 0. The van der Waals surface area contributed by atoms with Crippen LogP contribution in [0.5, 0.6) is 5.75 Å². The lowest BCUT2D eigenvalue weighted by Gasteiger charge is -2.45. The van der Waals surface area contributed by atoms with E-state index in [0.29, 0.717) is 11.8 Å². The maximum Gasteiger partial charge on any atom is 0.123 e. The van der Waals surface area contributed by atoms with Crippen LogP contribution in [0.3, 0.4) is 0 Å². The van der Waals surface area contributed by atoms with Gasteiger partial charge in [0.05, 0.1) is 0 Å². The molecular weight excluding hydrogens is 268 g/mol. The summed E-state index contributed by atoms with van der Waals surface area (Å²) in [6.07, 6.45) is 10.6. The van der Waals surface area contributed by atoms with E-state index in [-0.39, 0.29) is 5.60 Å². The van der Waals surface area contributed by atoms with E-state index in [0.717, 1.165) is 5.75 Å². The van der Waals surface area contributed by atoms with Crippen molar-refractivity contribution in [3.8, 4) is 5.75 Å². The average molecular weight is 303 g/mol. The van der Waals surface area contributed by atoms with Gasteiger partial charge in [-0.15, -0.1) is 0 Å². The van der Waals surface area contributed by atoms with Crippen molar-refractivity contribution in [3.63, 3.8) is 0 Å². The highest BCUT2D eigenvalue weighted by atomic mass is 16.5. The lowest BCUT2D eigenvalue weighted by Crippen LogP contribution is -2.44. The van der Waals surface area contributed by atoms with Crippen molar-refractivity contribution < 1.29 is 4.74 Å². The fourth-order valence-corrected chi connectivity index (χ4v) is 4.07. The van der Waals surface area contributed by atoms with Crippen molar-refractivity contribution in [2.45, 2.75) is 90.6 Å². The molecular formula is C21H34O. The van der Waals surface area contributed by atoms with Crippen LogP contribution in [0.2, 0.25) is 0 Å². The van der Waals surface area contributed by atoms with Crippen molar-refractivity contribution in [2.75, 3.05) is 0 Å². The summed E-state index contributed by atoms with van der Waals surface area (Å²) in [7, 11) is 0. The van der Waals surface area contributed by atoms with Gasteiger partial charge in [0.15, 0.2) is 0 Å². The molecule has 1 aromatic carbocycles. The van der Waals surface area contributed by atoms with Crippen molar-refractivity contribution in [1.29, 1.82) is 0 Å². The minimum atomic E-state index is -0.0427. The van der Waals surface area contributed by atoms with E-state index < -0.39 is 0 Å². The Morgan fingerprint density at radius 1 is 0.909 bits per heavy atom. The van der Waals surface area contributed by atoms with Crippen LogP contribution in [0, 0.1) is 5.92 Å². The fraction of sp³-hybridized carbons (Fsp3) is 0.714. The van der Waals surface area contributed by atoms with Gasteiger partial charge in [0.1, 0.15) is 11.4 Å². The van der Waals surface area contributed by atoms with Gasteiger partial charge in [-0.1, -0.05) is 70.6 Å². The maximum absolute atomic E-state index is 6.40. The van der Waals surface area contributed by atoms with E-state index in [1.807, 2.05) is 0 Å². The molecule has 124 valence electrons. The quantitative estimate of drug-likeness (QED) is 0.484. The molecule has 0 spiro atoms. The normalized spacial score (nSPS) is 22.9. The van der Waals surface area contributed by atoms with E-state index in [1.165, 1.54) is 56.9 Å². The zero-order chi connectivity index (χ0) is 16.0. The molecule has 0 saturated heterocycles. The van der Waals surface area contributed by atoms with Crippen LogP contribution in [0.15, 0.2) is 24.3 Å². The molecule has 0 aromatic heterocycles. The molecule has 1 aliphatic rings. The van der Waals surface area contributed by atoms with Crippen molar-refractivity contribution >= 4 is 0 Å². The molecule has 0 bridgehead atoms. The van der Waals surface area contributed by atoms with Crippen molar-refractivity contribution in [3.05, 3.63) is 29.8 Å². The monoisotopic (exact) mass is 302 g/mol. The van der Waals surface area contributed by atoms with E-state index in [9.17, 15) is 0 Å². The van der Waals surface area contributed by atoms with Crippen molar-refractivity contribution in [2.24, 2.45) is 5.92 Å². The van der Waals surface area contributed by atoms with Crippen LogP contribution in [0.4, 0.5) is 0 Å². The molecule has 1 heteroatoms. The van der Waals surface area contributed by atoms with Gasteiger partial charge in [-0.05, 0) is 44.2 Å². The Bertz CT molecular complexity index is 449. The second-order valence-electron chi connectivity index (χ2n) is 7.45. The van der Waals surface area contributed by atoms with Crippen LogP contribution >= 0.6 is 0 Å². The lowest BCUT2D eigenvalue weighted by atomic mass is 9.70. The Hall–Kier alpha value is -0.980. The molecule has 1 aliphatic heterocycles. The maximum atomic E-state index is 6.40. The van der Waals surface area contributed by atoms with E-state index in [1.54, 1.807) is 0 Å². The first-order chi connectivity index (χ1) is 10.6. The van der Waals surface area contributed by atoms with Gasteiger partial charge < -0.3 is 4.74 Å². The minimum Gasteiger partial charge on any atom is -0.487 e. The summed E-state index contributed by atoms with van der Waals surface area (Å²) < 4.78 is 6.40. The van der Waals surface area contributed by atoms with Gasteiger partial charge in [-0.3, -0.25) is 0 Å². The van der Waals surface area contributed by atoms with Gasteiger partial charge in [-0.2, -0.15) is 0 Å². The molecule has 0 aliphatic carbocycles. The zero-order valence-electron chi connectivity index (χ0n) is 15.0. The largest absolute Gasteiger partial charge is 0.487 e. The molecule has 1 nitrogen and oxygen atoms in total. The second-order valence-corrected chi connectivity index (χ2v) is 7.45. The third-order valence-electron chi connectivity index (χ3n) is 5.31. The first-order valence-electron chi connectivity index (χ1n) is 9.38. The Balaban J connectivity index is 2.22. The van der Waals surface area contributed by atoms with Crippen molar-refractivity contribution in [1.82, 2.24) is 0 Å². The predicted molar refractivity (Wildman–Crippen MR) is 95.7 cm³/mol. The number of rotatable bonds is 8. The van der Waals surface area contributed by atoms with Crippen LogP contribution in [-0.4, -0.2) is 5.60 Å². The van der Waals surface area contributed by atoms with Crippen LogP contribution in [0.25, 0.3) is 0 Å². The molecule has 2 rings (SSSR count). The van der Waals surface area contributed by atoms with E-state index in [4.69, 9.17) is 4.74 Å². The zero-order valence-corrected chi connectivity index (χ0v) is 15.0. The highest BCUT2D eigenvalue weighted by Gasteiger charge is 2.42. The Kier molecular flexibility index (Phi) is 6.35. The van der Waals surface area contributed by atoms with Gasteiger partial charge in [0.25, 0.3) is 0 Å². The number of benzene rings is 1. The summed E-state index contributed by atoms with van der Waals surface area (Å²) in [5, 5.41) is 0. The summed E-state index contributed by atoms with van der Waals surface area (Å²) in [5.74, 6) is 2.44. The summed E-state index contributed by atoms with van der Waals surface area (Å²) in [4.78, 5) is 0. The SMILES string of the molecule is CCCCCC1c2ccccc2OC(C)(C)C1CCCCC. The molecule has 0 amide bonds. The van der Waals surface area contributed by atoms with Gasteiger partial charge in [0, 0.05) is 5.92 Å². The molecule has 2 atom stereocenters. The second kappa shape index (κ2) is 8.04. The minimum absolute atomic E-state index is 0.0427. The number of unbranched alkanes of at least 4 members (excludes halogenated alkanes) is 4. The Morgan fingerprint density at radius 2 is 1.55 bits per heavy atom. The molecule has 2 unspecified atom stereocenters. The lowest BCUT2D eigenvalue weighted by molar-refractivity contribution is 0.00243. The number of hydrogen-bond acceptors (Lipinski definition) is 1. The third kappa shape index (κ3) is 4.06. The predicted octanol–water partition coefficient (Wildman–Crippen LogP) is 6.72. The number of fused-ring (bicyclic) bond motifs is 1. The smallest absolute Gasteiger partial charge is 0.123 e. The standard InChI is InChI=1S/C21H34O/c1-5-7-9-13-17-18-14-11-12-16-20(18)22-21(3,4)19(17)15-10-8-6-2/h11-12,14,16-17,19H,5-10,13,15H2,1-4H3. The van der Waals surface area contributed by atoms with Crippen LogP contribution < -0.4 is 4.74 Å². The third-order valence-corrected chi connectivity index (χ3v) is 5.31. The molecule has 0 radical (unpaired) electrons. The van der Waals surface area contributed by atoms with Gasteiger partial charge >= 0.3 is 0 Å². The highest BCUT2D eigenvalue weighted by Crippen LogP contribution is 2.49.